The number of rotatable bonds is 2. The van der Waals surface area contributed by atoms with E-state index in [0.717, 1.165) is 10.7 Å². The highest BCUT2D eigenvalue weighted by atomic mass is 32.1. The summed E-state index contributed by atoms with van der Waals surface area (Å²) < 4.78 is 7.40. The minimum Gasteiger partial charge on any atom is -0.497 e. The first-order valence-electron chi connectivity index (χ1n) is 5.78. The second kappa shape index (κ2) is 4.14. The van der Waals surface area contributed by atoms with Crippen LogP contribution in [0.1, 0.15) is 10.4 Å². The van der Waals surface area contributed by atoms with Gasteiger partial charge in [0.15, 0.2) is 4.96 Å². The van der Waals surface area contributed by atoms with Gasteiger partial charge in [-0.3, -0.25) is 4.40 Å². The molecule has 18 heavy (non-hydrogen) atoms. The van der Waals surface area contributed by atoms with Crippen molar-refractivity contribution in [2.24, 2.45) is 0 Å². The van der Waals surface area contributed by atoms with Crippen molar-refractivity contribution < 1.29 is 4.74 Å². The summed E-state index contributed by atoms with van der Waals surface area (Å²) in [5.74, 6) is 0.894. The van der Waals surface area contributed by atoms with E-state index >= 15 is 0 Å². The highest BCUT2D eigenvalue weighted by Gasteiger charge is 2.13. The Morgan fingerprint density at radius 1 is 1.28 bits per heavy atom. The molecule has 0 atom stereocenters. The number of fused-ring (bicyclic) bond motifs is 1. The molecule has 0 saturated carbocycles. The molecule has 0 unspecified atom stereocenters. The van der Waals surface area contributed by atoms with Gasteiger partial charge in [-0.25, -0.2) is 4.98 Å². The summed E-state index contributed by atoms with van der Waals surface area (Å²) in [4.78, 5) is 6.67. The van der Waals surface area contributed by atoms with Crippen LogP contribution in [0.5, 0.6) is 5.75 Å². The van der Waals surface area contributed by atoms with Gasteiger partial charge >= 0.3 is 0 Å². The normalized spacial score (nSPS) is 11.1. The minimum absolute atomic E-state index is 0.894. The molecule has 0 aliphatic rings. The molecule has 0 fully saturated rings. The van der Waals surface area contributed by atoms with Gasteiger partial charge in [-0.15, -0.1) is 11.3 Å². The lowest BCUT2D eigenvalue weighted by atomic mass is 10.0. The van der Waals surface area contributed by atoms with Crippen molar-refractivity contribution in [3.63, 3.8) is 0 Å². The van der Waals surface area contributed by atoms with Crippen molar-refractivity contribution >= 4 is 16.3 Å². The molecule has 0 aliphatic carbocycles. The molecule has 4 heteroatoms. The molecule has 0 saturated heterocycles. The number of aromatic nitrogens is 2. The Kier molecular flexibility index (Phi) is 2.59. The van der Waals surface area contributed by atoms with Gasteiger partial charge in [0.05, 0.1) is 12.8 Å². The standard InChI is InChI=1S/C14H14N2OS/c1-9-8-11(17-3)4-5-12(9)13-10(2)18-14-15-6-7-16(13)14/h4-8H,1-3H3. The van der Waals surface area contributed by atoms with E-state index in [1.54, 1.807) is 18.4 Å². The number of methoxy groups -OCH3 is 1. The quantitative estimate of drug-likeness (QED) is 0.701. The lowest BCUT2D eigenvalue weighted by Gasteiger charge is -2.08. The summed E-state index contributed by atoms with van der Waals surface area (Å²) in [7, 11) is 1.69. The van der Waals surface area contributed by atoms with E-state index in [1.165, 1.54) is 21.7 Å². The zero-order chi connectivity index (χ0) is 12.7. The largest absolute Gasteiger partial charge is 0.497 e. The first kappa shape index (κ1) is 11.3. The first-order valence-corrected chi connectivity index (χ1v) is 6.60. The van der Waals surface area contributed by atoms with Crippen molar-refractivity contribution in [2.45, 2.75) is 13.8 Å². The predicted octanol–water partition coefficient (Wildman–Crippen LogP) is 3.69. The van der Waals surface area contributed by atoms with Crippen molar-refractivity contribution in [2.75, 3.05) is 7.11 Å². The Morgan fingerprint density at radius 2 is 2.11 bits per heavy atom. The molecule has 0 aliphatic heterocycles. The number of imidazole rings is 1. The molecular weight excluding hydrogens is 244 g/mol. The lowest BCUT2D eigenvalue weighted by Crippen LogP contribution is -1.91. The van der Waals surface area contributed by atoms with E-state index in [9.17, 15) is 0 Å². The van der Waals surface area contributed by atoms with E-state index in [-0.39, 0.29) is 0 Å². The van der Waals surface area contributed by atoms with Gasteiger partial charge < -0.3 is 4.74 Å². The third kappa shape index (κ3) is 1.61. The fourth-order valence-corrected chi connectivity index (χ4v) is 3.18. The van der Waals surface area contributed by atoms with Crippen LogP contribution in [0.25, 0.3) is 16.2 Å². The van der Waals surface area contributed by atoms with Crippen LogP contribution in [0.4, 0.5) is 0 Å². The van der Waals surface area contributed by atoms with Crippen LogP contribution >= 0.6 is 11.3 Å². The number of benzene rings is 1. The number of ether oxygens (including phenoxy) is 1. The Hall–Kier alpha value is -1.81. The Bertz CT molecular complexity index is 712. The predicted molar refractivity (Wildman–Crippen MR) is 74.5 cm³/mol. The minimum atomic E-state index is 0.894. The monoisotopic (exact) mass is 258 g/mol. The van der Waals surface area contributed by atoms with E-state index in [2.05, 4.69) is 35.4 Å². The fraction of sp³-hybridized carbons (Fsp3) is 0.214. The summed E-state index contributed by atoms with van der Waals surface area (Å²) in [5.41, 5.74) is 3.68. The molecule has 3 nitrogen and oxygen atoms in total. The third-order valence-corrected chi connectivity index (χ3v) is 4.10. The van der Waals surface area contributed by atoms with Gasteiger partial charge in [0, 0.05) is 22.8 Å². The smallest absolute Gasteiger partial charge is 0.194 e. The second-order valence-corrected chi connectivity index (χ2v) is 5.45. The average molecular weight is 258 g/mol. The number of hydrogen-bond donors (Lipinski definition) is 0. The molecule has 0 bridgehead atoms. The Morgan fingerprint density at radius 3 is 2.83 bits per heavy atom. The topological polar surface area (TPSA) is 26.5 Å². The van der Waals surface area contributed by atoms with Gasteiger partial charge in [-0.2, -0.15) is 0 Å². The molecular formula is C14H14N2OS. The number of hydrogen-bond acceptors (Lipinski definition) is 3. The summed E-state index contributed by atoms with van der Waals surface area (Å²) >= 11 is 1.72. The van der Waals surface area contributed by atoms with E-state index in [4.69, 9.17) is 4.74 Å². The molecule has 0 N–H and O–H groups in total. The molecule has 2 aromatic heterocycles. The molecule has 92 valence electrons. The molecule has 0 amide bonds. The Balaban J connectivity index is 2.25. The van der Waals surface area contributed by atoms with Gasteiger partial charge in [-0.1, -0.05) is 0 Å². The summed E-state index contributed by atoms with van der Waals surface area (Å²) in [6.45, 7) is 4.25. The second-order valence-electron chi connectivity index (χ2n) is 4.27. The van der Waals surface area contributed by atoms with Crippen LogP contribution in [0, 0.1) is 13.8 Å². The zero-order valence-corrected chi connectivity index (χ0v) is 11.4. The summed E-state index contributed by atoms with van der Waals surface area (Å²) in [5, 5.41) is 0. The van der Waals surface area contributed by atoms with E-state index < -0.39 is 0 Å². The van der Waals surface area contributed by atoms with Crippen LogP contribution in [-0.4, -0.2) is 16.5 Å². The van der Waals surface area contributed by atoms with Gasteiger partial charge in [0.2, 0.25) is 0 Å². The van der Waals surface area contributed by atoms with Gasteiger partial charge in [0.1, 0.15) is 5.75 Å². The van der Waals surface area contributed by atoms with Crippen LogP contribution in [0.3, 0.4) is 0 Å². The van der Waals surface area contributed by atoms with Gasteiger partial charge in [-0.05, 0) is 37.6 Å². The SMILES string of the molecule is COc1ccc(-c2c(C)sc3nccn23)c(C)c1. The van der Waals surface area contributed by atoms with Crippen molar-refractivity contribution in [3.05, 3.63) is 41.0 Å². The molecule has 3 rings (SSSR count). The maximum absolute atomic E-state index is 5.25. The molecule has 1 aromatic carbocycles. The first-order chi connectivity index (χ1) is 8.70. The third-order valence-electron chi connectivity index (χ3n) is 3.11. The van der Waals surface area contributed by atoms with Crippen LogP contribution in [0.15, 0.2) is 30.6 Å². The van der Waals surface area contributed by atoms with E-state index in [0.29, 0.717) is 0 Å². The average Bonchev–Trinajstić information content (AvgIpc) is 2.90. The van der Waals surface area contributed by atoms with Crippen molar-refractivity contribution in [1.82, 2.24) is 9.38 Å². The molecule has 0 radical (unpaired) electrons. The molecule has 2 heterocycles. The molecule has 3 aromatic rings. The number of nitrogens with zero attached hydrogens (tertiary/aromatic N) is 2. The highest BCUT2D eigenvalue weighted by Crippen LogP contribution is 2.33. The van der Waals surface area contributed by atoms with Crippen LogP contribution in [-0.2, 0) is 0 Å². The number of thiazole rings is 1. The molecule has 0 spiro atoms. The zero-order valence-electron chi connectivity index (χ0n) is 10.6. The number of aryl methyl sites for hydroxylation is 2. The Labute approximate surface area is 110 Å². The van der Waals surface area contributed by atoms with Crippen LogP contribution in [0.2, 0.25) is 0 Å². The highest BCUT2D eigenvalue weighted by molar-refractivity contribution is 7.17. The van der Waals surface area contributed by atoms with E-state index in [1.807, 2.05) is 18.5 Å². The van der Waals surface area contributed by atoms with Gasteiger partial charge in [0.25, 0.3) is 0 Å². The maximum atomic E-state index is 5.25. The van der Waals surface area contributed by atoms with Crippen molar-refractivity contribution in [3.8, 4) is 17.0 Å². The lowest BCUT2D eigenvalue weighted by molar-refractivity contribution is 0.414. The summed E-state index contributed by atoms with van der Waals surface area (Å²) in [6, 6.07) is 6.18. The van der Waals surface area contributed by atoms with Crippen LogP contribution < -0.4 is 4.74 Å². The van der Waals surface area contributed by atoms with Crippen molar-refractivity contribution in [1.29, 1.82) is 0 Å². The maximum Gasteiger partial charge on any atom is 0.194 e. The summed E-state index contributed by atoms with van der Waals surface area (Å²) in [6.07, 6.45) is 3.85. The fourth-order valence-electron chi connectivity index (χ4n) is 2.24.